The van der Waals surface area contributed by atoms with Gasteiger partial charge in [-0.05, 0) is 99.1 Å². The van der Waals surface area contributed by atoms with E-state index < -0.39 is 0 Å². The molecule has 3 aromatic heterocycles. The molecule has 11 rings (SSSR count). The zero-order chi connectivity index (χ0) is 48.3. The number of aromatic nitrogens is 3. The van der Waals surface area contributed by atoms with E-state index in [1.165, 1.54) is 55.6 Å². The van der Waals surface area contributed by atoms with Crippen LogP contribution in [0, 0.1) is 18.2 Å². The van der Waals surface area contributed by atoms with Crippen LogP contribution >= 0.6 is 0 Å². The summed E-state index contributed by atoms with van der Waals surface area (Å²) in [4.78, 5) is 14.6. The Kier molecular flexibility index (Phi) is 15.5. The van der Waals surface area contributed by atoms with E-state index in [-0.39, 0.29) is 20.1 Å². The molecule has 352 valence electrons. The zero-order valence-electron chi connectivity index (χ0n) is 40.5. The maximum Gasteiger partial charge on any atom is 3.00 e. The van der Waals surface area contributed by atoms with Gasteiger partial charge in [0.1, 0.15) is 0 Å². The van der Waals surface area contributed by atoms with Gasteiger partial charge in [0.15, 0.2) is 0 Å². The first-order valence-electron chi connectivity index (χ1n) is 24.9. The van der Waals surface area contributed by atoms with Gasteiger partial charge in [-0.2, -0.15) is 0 Å². The molecule has 3 nitrogen and oxygen atoms in total. The number of rotatable bonds is 16. The molecule has 73 heavy (non-hydrogen) atoms. The van der Waals surface area contributed by atoms with Crippen LogP contribution in [0.3, 0.4) is 0 Å². The standard InChI is InChI=1S/C69H52N3.Ir/c1-4-14-55(15-5-1)56-39-41-58(42-40-56)64-49-63(65-20-10-11-45-70-65)44-43-57(64)34-33-54-47-52(27-25-50-29-35-61(36-30-50)68-23-12-21-66(71-68)59-16-6-2-7-17-59)46-53(48-54)28-26-51-31-37-62(38-32-51)69-24-13-22-67(72-69)60-18-8-3-9-19-60;/h1-24,29-32,35,37,39-43,45-49H,25-28,33-34H2;/q-3;+3. The Morgan fingerprint density at radius 1 is 0.288 bits per heavy atom. The van der Waals surface area contributed by atoms with Gasteiger partial charge < -0.3 is 4.98 Å². The van der Waals surface area contributed by atoms with Crippen molar-refractivity contribution in [1.29, 1.82) is 0 Å². The summed E-state index contributed by atoms with van der Waals surface area (Å²) in [5.41, 5.74) is 22.6. The van der Waals surface area contributed by atoms with Crippen LogP contribution in [-0.4, -0.2) is 15.0 Å². The maximum absolute atomic E-state index is 4.98. The number of benzene rings is 8. The molecular formula is C69H52IrN3. The Hall–Kier alpha value is -8.14. The van der Waals surface area contributed by atoms with Crippen LogP contribution < -0.4 is 0 Å². The molecule has 0 aliphatic heterocycles. The van der Waals surface area contributed by atoms with Gasteiger partial charge in [0, 0.05) is 6.20 Å². The fourth-order valence-electron chi connectivity index (χ4n) is 9.52. The molecule has 0 radical (unpaired) electrons. The number of pyridine rings is 3. The summed E-state index contributed by atoms with van der Waals surface area (Å²) in [6, 6.07) is 94.3. The molecule has 0 bridgehead atoms. The predicted octanol–water partition coefficient (Wildman–Crippen LogP) is 16.3. The largest absolute Gasteiger partial charge is 3.00 e. The minimum Gasteiger partial charge on any atom is -0.305 e. The molecule has 0 spiro atoms. The Labute approximate surface area is 443 Å². The summed E-state index contributed by atoms with van der Waals surface area (Å²) in [7, 11) is 0. The number of hydrogen-bond acceptors (Lipinski definition) is 3. The molecular weight excluding hydrogens is 1060 g/mol. The van der Waals surface area contributed by atoms with E-state index >= 15 is 0 Å². The van der Waals surface area contributed by atoms with E-state index in [0.717, 1.165) is 94.8 Å². The third-order valence-electron chi connectivity index (χ3n) is 13.4. The first-order chi connectivity index (χ1) is 35.6. The Morgan fingerprint density at radius 3 is 1.21 bits per heavy atom. The molecule has 0 saturated carbocycles. The fraction of sp³-hybridized carbons (Fsp3) is 0.0870. The van der Waals surface area contributed by atoms with Gasteiger partial charge in [0.05, 0.1) is 11.4 Å². The first-order valence-corrected chi connectivity index (χ1v) is 24.9. The van der Waals surface area contributed by atoms with E-state index in [0.29, 0.717) is 0 Å². The molecule has 11 aromatic rings. The van der Waals surface area contributed by atoms with E-state index in [4.69, 9.17) is 9.97 Å². The van der Waals surface area contributed by atoms with Gasteiger partial charge in [0.25, 0.3) is 0 Å². The van der Waals surface area contributed by atoms with Crippen molar-refractivity contribution in [3.63, 3.8) is 0 Å². The molecule has 3 heterocycles. The molecule has 0 atom stereocenters. The van der Waals surface area contributed by atoms with Crippen molar-refractivity contribution in [2.75, 3.05) is 0 Å². The summed E-state index contributed by atoms with van der Waals surface area (Å²) in [5, 5.41) is 0. The maximum atomic E-state index is 4.98. The van der Waals surface area contributed by atoms with E-state index in [1.54, 1.807) is 0 Å². The molecule has 0 fully saturated rings. The predicted molar refractivity (Wildman–Crippen MR) is 296 cm³/mol. The number of aryl methyl sites for hydroxylation is 6. The van der Waals surface area contributed by atoms with Crippen LogP contribution in [-0.2, 0) is 58.6 Å². The molecule has 4 heteroatoms. The normalized spacial score (nSPS) is 11.0. The van der Waals surface area contributed by atoms with Crippen molar-refractivity contribution in [3.8, 4) is 78.5 Å². The average Bonchev–Trinajstić information content (AvgIpc) is 3.47. The number of nitrogens with zero attached hydrogens (tertiary/aromatic N) is 3. The first kappa shape index (κ1) is 48.5. The number of hydrogen-bond donors (Lipinski definition) is 0. The molecule has 0 unspecified atom stereocenters. The summed E-state index contributed by atoms with van der Waals surface area (Å²) in [5.74, 6) is 0. The summed E-state index contributed by atoms with van der Waals surface area (Å²) < 4.78 is 0. The van der Waals surface area contributed by atoms with Crippen LogP contribution in [0.4, 0.5) is 0 Å². The molecule has 0 N–H and O–H groups in total. The van der Waals surface area contributed by atoms with Crippen LogP contribution in [0.5, 0.6) is 0 Å². The van der Waals surface area contributed by atoms with Crippen molar-refractivity contribution < 1.29 is 20.1 Å². The molecule has 0 aliphatic rings. The monoisotopic (exact) mass is 1120 g/mol. The summed E-state index contributed by atoms with van der Waals surface area (Å²) in [6.07, 6.45) is 7.33. The topological polar surface area (TPSA) is 38.7 Å². The van der Waals surface area contributed by atoms with Gasteiger partial charge in [-0.3, -0.25) is 9.97 Å². The third kappa shape index (κ3) is 12.1. The van der Waals surface area contributed by atoms with Crippen LogP contribution in [0.15, 0.2) is 243 Å². The van der Waals surface area contributed by atoms with E-state index in [2.05, 4.69) is 236 Å². The Morgan fingerprint density at radius 2 is 0.712 bits per heavy atom. The van der Waals surface area contributed by atoms with Gasteiger partial charge in [-0.1, -0.05) is 195 Å². The smallest absolute Gasteiger partial charge is 0.305 e. The van der Waals surface area contributed by atoms with Crippen molar-refractivity contribution in [3.05, 3.63) is 294 Å². The van der Waals surface area contributed by atoms with Crippen LogP contribution in [0.2, 0.25) is 0 Å². The van der Waals surface area contributed by atoms with Crippen molar-refractivity contribution in [2.45, 2.75) is 38.5 Å². The second kappa shape index (κ2) is 23.4. The van der Waals surface area contributed by atoms with E-state index in [9.17, 15) is 0 Å². The quantitative estimate of drug-likeness (QED) is 0.0905. The SMILES string of the molecule is [Ir+3].[c-]1cc(CCc2cc(CCc3c[c-]c(-c4cccc(-c5ccccc5)n4)cc3)cc(CCc3c[c-]c(-c4cccc(-c5ccccc5)n4)cc3)c2)c(-c2ccc(-c3ccccc3)cc2)cc1-c1ccccn1. The van der Waals surface area contributed by atoms with E-state index in [1.807, 2.05) is 30.5 Å². The molecule has 0 aliphatic carbocycles. The Balaban J connectivity index is 0.00000611. The van der Waals surface area contributed by atoms with Gasteiger partial charge >= 0.3 is 20.1 Å². The minimum absolute atomic E-state index is 0. The molecule has 0 saturated heterocycles. The van der Waals surface area contributed by atoms with Crippen LogP contribution in [0.25, 0.3) is 78.5 Å². The fourth-order valence-corrected chi connectivity index (χ4v) is 9.52. The average molecular weight is 1120 g/mol. The van der Waals surface area contributed by atoms with Gasteiger partial charge in [-0.15, -0.1) is 100 Å². The second-order valence-corrected chi connectivity index (χ2v) is 18.4. The molecule has 0 amide bonds. The molecule has 8 aromatic carbocycles. The van der Waals surface area contributed by atoms with Crippen LogP contribution in [0.1, 0.15) is 33.4 Å². The second-order valence-electron chi connectivity index (χ2n) is 18.4. The van der Waals surface area contributed by atoms with Crippen molar-refractivity contribution in [1.82, 2.24) is 15.0 Å². The Bertz CT molecular complexity index is 3380. The minimum atomic E-state index is 0. The zero-order valence-corrected chi connectivity index (χ0v) is 42.9. The van der Waals surface area contributed by atoms with Gasteiger partial charge in [-0.25, -0.2) is 0 Å². The van der Waals surface area contributed by atoms with Crippen molar-refractivity contribution in [2.24, 2.45) is 0 Å². The summed E-state index contributed by atoms with van der Waals surface area (Å²) >= 11 is 0. The summed E-state index contributed by atoms with van der Waals surface area (Å²) in [6.45, 7) is 0. The van der Waals surface area contributed by atoms with Gasteiger partial charge in [0.2, 0.25) is 0 Å². The third-order valence-corrected chi connectivity index (χ3v) is 13.4. The van der Waals surface area contributed by atoms with Crippen molar-refractivity contribution >= 4 is 0 Å².